The van der Waals surface area contributed by atoms with Crippen LogP contribution >= 0.6 is 0 Å². The number of nitrogens with zero attached hydrogens (tertiary/aromatic N) is 2. The second kappa shape index (κ2) is 4.59. The summed E-state index contributed by atoms with van der Waals surface area (Å²) < 4.78 is 1.42. The Morgan fingerprint density at radius 3 is 2.81 bits per heavy atom. The zero-order valence-electron chi connectivity index (χ0n) is 11.3. The fourth-order valence-electron chi connectivity index (χ4n) is 2.79. The molecule has 3 aromatic rings. The first-order valence-electron chi connectivity index (χ1n) is 6.82. The number of imidazole rings is 1. The molecule has 1 amide bonds. The second-order valence-corrected chi connectivity index (χ2v) is 5.11. The molecule has 0 saturated carbocycles. The molecule has 4 heteroatoms. The maximum atomic E-state index is 12.0. The number of anilines is 1. The summed E-state index contributed by atoms with van der Waals surface area (Å²) in [5.41, 5.74) is 5.94. The molecule has 1 heterocycles. The summed E-state index contributed by atoms with van der Waals surface area (Å²) in [4.78, 5) is 15.9. The van der Waals surface area contributed by atoms with E-state index >= 15 is 0 Å². The Morgan fingerprint density at radius 2 is 1.95 bits per heavy atom. The summed E-state index contributed by atoms with van der Waals surface area (Å²) in [7, 11) is 0. The number of fused-ring (bicyclic) bond motifs is 3. The Hall–Kier alpha value is -2.88. The Balaban J connectivity index is 1.63. The van der Waals surface area contributed by atoms with Gasteiger partial charge in [-0.25, -0.2) is 9.78 Å². The van der Waals surface area contributed by atoms with E-state index in [2.05, 4.69) is 40.6 Å². The summed E-state index contributed by atoms with van der Waals surface area (Å²) in [5.74, 6) is 0. The summed E-state index contributed by atoms with van der Waals surface area (Å²) in [6, 6.07) is 14.3. The van der Waals surface area contributed by atoms with Gasteiger partial charge >= 0.3 is 6.03 Å². The minimum atomic E-state index is -0.206. The van der Waals surface area contributed by atoms with Crippen LogP contribution in [0.4, 0.5) is 10.5 Å². The van der Waals surface area contributed by atoms with Crippen LogP contribution in [0.15, 0.2) is 61.2 Å². The van der Waals surface area contributed by atoms with Crippen LogP contribution in [-0.2, 0) is 6.42 Å². The van der Waals surface area contributed by atoms with Crippen molar-refractivity contribution in [2.45, 2.75) is 6.42 Å². The van der Waals surface area contributed by atoms with Gasteiger partial charge in [-0.3, -0.25) is 4.57 Å². The Labute approximate surface area is 122 Å². The molecule has 0 aliphatic heterocycles. The average Bonchev–Trinajstić information content (AvgIpc) is 3.14. The van der Waals surface area contributed by atoms with Crippen LogP contribution in [-0.4, -0.2) is 15.6 Å². The largest absolute Gasteiger partial charge is 0.331 e. The lowest BCUT2D eigenvalue weighted by Gasteiger charge is -2.07. The van der Waals surface area contributed by atoms with Crippen LogP contribution in [0.1, 0.15) is 11.1 Å². The van der Waals surface area contributed by atoms with Crippen molar-refractivity contribution in [2.24, 2.45) is 0 Å². The number of benzene rings is 2. The highest BCUT2D eigenvalue weighted by Gasteiger charge is 2.18. The predicted molar refractivity (Wildman–Crippen MR) is 81.3 cm³/mol. The Morgan fingerprint density at radius 1 is 1.10 bits per heavy atom. The van der Waals surface area contributed by atoms with Crippen LogP contribution in [0.25, 0.3) is 11.1 Å². The van der Waals surface area contributed by atoms with Gasteiger partial charge in [-0.05, 0) is 40.8 Å². The smallest absolute Gasteiger partial charge is 0.307 e. The summed E-state index contributed by atoms with van der Waals surface area (Å²) >= 11 is 0. The quantitative estimate of drug-likeness (QED) is 0.577. The van der Waals surface area contributed by atoms with Gasteiger partial charge in [0.25, 0.3) is 0 Å². The molecule has 0 fully saturated rings. The lowest BCUT2D eigenvalue weighted by atomic mass is 10.1. The van der Waals surface area contributed by atoms with E-state index in [0.29, 0.717) is 0 Å². The molecule has 0 spiro atoms. The number of hydrogen-bond acceptors (Lipinski definition) is 2. The number of aromatic nitrogens is 2. The normalized spacial score (nSPS) is 11.8. The maximum absolute atomic E-state index is 12.0. The fraction of sp³-hybridized carbons (Fsp3) is 0.0588. The van der Waals surface area contributed by atoms with E-state index < -0.39 is 0 Å². The molecule has 0 bridgehead atoms. The number of nitrogens with one attached hydrogen (secondary N) is 1. The van der Waals surface area contributed by atoms with Crippen LogP contribution < -0.4 is 5.32 Å². The van der Waals surface area contributed by atoms with Crippen LogP contribution in [0.2, 0.25) is 0 Å². The van der Waals surface area contributed by atoms with Crippen LogP contribution in [0, 0.1) is 0 Å². The summed E-state index contributed by atoms with van der Waals surface area (Å²) in [5, 5.41) is 2.88. The molecule has 0 atom stereocenters. The standard InChI is InChI=1S/C17H13N3O/c21-17(20-8-7-18-11-20)19-14-5-6-16-13(10-14)9-12-3-1-2-4-15(12)16/h1-8,10-11H,9H2,(H,19,21). The Bertz CT molecular complexity index is 822. The van der Waals surface area contributed by atoms with Gasteiger partial charge in [0, 0.05) is 18.1 Å². The van der Waals surface area contributed by atoms with E-state index in [4.69, 9.17) is 0 Å². The lowest BCUT2D eigenvalue weighted by Crippen LogP contribution is -2.17. The van der Waals surface area contributed by atoms with Crippen molar-refractivity contribution < 1.29 is 4.79 Å². The molecular formula is C17H13N3O. The average molecular weight is 275 g/mol. The van der Waals surface area contributed by atoms with E-state index in [0.717, 1.165) is 12.1 Å². The number of rotatable bonds is 1. The van der Waals surface area contributed by atoms with E-state index in [1.54, 1.807) is 12.4 Å². The van der Waals surface area contributed by atoms with Gasteiger partial charge in [0.05, 0.1) is 0 Å². The second-order valence-electron chi connectivity index (χ2n) is 5.11. The SMILES string of the molecule is O=C(Nc1ccc2c(c1)Cc1ccccc1-2)n1ccnc1. The molecular weight excluding hydrogens is 262 g/mol. The third-order valence-electron chi connectivity index (χ3n) is 3.78. The van der Waals surface area contributed by atoms with Crippen molar-refractivity contribution in [1.29, 1.82) is 0 Å². The molecule has 1 N–H and O–H groups in total. The highest BCUT2D eigenvalue weighted by Crippen LogP contribution is 2.37. The van der Waals surface area contributed by atoms with Gasteiger partial charge in [0.1, 0.15) is 6.33 Å². The Kier molecular flexibility index (Phi) is 2.60. The first-order chi connectivity index (χ1) is 10.3. The maximum Gasteiger partial charge on any atom is 0.331 e. The van der Waals surface area contributed by atoms with Gasteiger partial charge in [0.2, 0.25) is 0 Å². The first kappa shape index (κ1) is 11.9. The van der Waals surface area contributed by atoms with E-state index in [-0.39, 0.29) is 6.03 Å². The highest BCUT2D eigenvalue weighted by molar-refractivity contribution is 5.92. The van der Waals surface area contributed by atoms with Crippen molar-refractivity contribution in [3.05, 3.63) is 72.3 Å². The molecule has 0 unspecified atom stereocenters. The molecule has 4 nitrogen and oxygen atoms in total. The summed E-state index contributed by atoms with van der Waals surface area (Å²) in [6.45, 7) is 0. The molecule has 4 rings (SSSR count). The number of carbonyl (C=O) groups excluding carboxylic acids is 1. The zero-order valence-corrected chi connectivity index (χ0v) is 11.3. The van der Waals surface area contributed by atoms with E-state index in [9.17, 15) is 4.79 Å². The topological polar surface area (TPSA) is 46.9 Å². The summed E-state index contributed by atoms with van der Waals surface area (Å²) in [6.07, 6.45) is 5.61. The fourth-order valence-corrected chi connectivity index (χ4v) is 2.79. The van der Waals surface area contributed by atoms with E-state index in [1.165, 1.54) is 33.1 Å². The molecule has 1 aliphatic rings. The van der Waals surface area contributed by atoms with Crippen molar-refractivity contribution in [3.63, 3.8) is 0 Å². The van der Waals surface area contributed by atoms with Crippen LogP contribution in [0.3, 0.4) is 0 Å². The van der Waals surface area contributed by atoms with Crippen LogP contribution in [0.5, 0.6) is 0 Å². The van der Waals surface area contributed by atoms with Gasteiger partial charge in [-0.15, -0.1) is 0 Å². The third kappa shape index (κ3) is 2.01. The van der Waals surface area contributed by atoms with Gasteiger partial charge in [0.15, 0.2) is 0 Å². The highest BCUT2D eigenvalue weighted by atomic mass is 16.2. The minimum Gasteiger partial charge on any atom is -0.307 e. The third-order valence-corrected chi connectivity index (χ3v) is 3.78. The predicted octanol–water partition coefficient (Wildman–Crippen LogP) is 3.53. The molecule has 1 aliphatic carbocycles. The van der Waals surface area contributed by atoms with Gasteiger partial charge in [-0.1, -0.05) is 30.3 Å². The first-order valence-corrected chi connectivity index (χ1v) is 6.82. The molecule has 2 aromatic carbocycles. The molecule has 102 valence electrons. The van der Waals surface area contributed by atoms with Crippen molar-refractivity contribution in [2.75, 3.05) is 5.32 Å². The number of amides is 1. The molecule has 1 aromatic heterocycles. The lowest BCUT2D eigenvalue weighted by molar-refractivity contribution is 0.253. The van der Waals surface area contributed by atoms with Gasteiger partial charge in [-0.2, -0.15) is 0 Å². The van der Waals surface area contributed by atoms with Crippen molar-refractivity contribution in [1.82, 2.24) is 9.55 Å². The number of carbonyl (C=O) groups is 1. The van der Waals surface area contributed by atoms with Crippen molar-refractivity contribution >= 4 is 11.7 Å². The van der Waals surface area contributed by atoms with E-state index in [1.807, 2.05) is 12.1 Å². The molecule has 0 radical (unpaired) electrons. The molecule has 21 heavy (non-hydrogen) atoms. The zero-order chi connectivity index (χ0) is 14.2. The minimum absolute atomic E-state index is 0.206. The monoisotopic (exact) mass is 275 g/mol. The molecule has 0 saturated heterocycles. The number of hydrogen-bond donors (Lipinski definition) is 1. The van der Waals surface area contributed by atoms with Crippen molar-refractivity contribution in [3.8, 4) is 11.1 Å². The van der Waals surface area contributed by atoms with Gasteiger partial charge < -0.3 is 5.32 Å².